The molecule has 170 valence electrons. The van der Waals surface area contributed by atoms with Crippen LogP contribution in [0, 0.1) is 11.3 Å². The number of hydrogen-bond acceptors (Lipinski definition) is 4. The Bertz CT molecular complexity index is 818. The number of nitrogens with one attached hydrogen (secondary N) is 1. The van der Waals surface area contributed by atoms with E-state index in [1.165, 1.54) is 0 Å². The van der Waals surface area contributed by atoms with Gasteiger partial charge in [-0.1, -0.05) is 27.2 Å². The number of likely N-dealkylation sites (tertiary alicyclic amines) is 1. The normalized spacial score (nSPS) is 27.8. The van der Waals surface area contributed by atoms with Crippen LogP contribution in [0.25, 0.3) is 0 Å². The van der Waals surface area contributed by atoms with Gasteiger partial charge in [-0.2, -0.15) is 0 Å². The molecule has 1 N–H and O–H groups in total. The quantitative estimate of drug-likeness (QED) is 0.729. The van der Waals surface area contributed by atoms with Crippen molar-refractivity contribution in [1.29, 1.82) is 0 Å². The van der Waals surface area contributed by atoms with E-state index in [-0.39, 0.29) is 23.8 Å². The molecule has 1 saturated carbocycles. The van der Waals surface area contributed by atoms with Crippen LogP contribution in [0.4, 0.5) is 4.79 Å². The number of piperidine rings is 1. The summed E-state index contributed by atoms with van der Waals surface area (Å²) in [5.41, 5.74) is -0.572. The highest BCUT2D eigenvalue weighted by Gasteiger charge is 2.54. The maximum atomic E-state index is 13.2. The van der Waals surface area contributed by atoms with Gasteiger partial charge in [-0.3, -0.25) is 14.5 Å². The molecule has 0 radical (unpaired) electrons. The molecule has 1 aliphatic carbocycles. The molecule has 31 heavy (non-hydrogen) atoms. The van der Waals surface area contributed by atoms with Crippen LogP contribution in [0.2, 0.25) is 0 Å². The van der Waals surface area contributed by atoms with E-state index in [0.29, 0.717) is 37.9 Å². The molecule has 1 spiro atoms. The molecule has 0 bridgehead atoms. The Morgan fingerprint density at radius 1 is 1.19 bits per heavy atom. The monoisotopic (exact) mass is 429 g/mol. The molecule has 3 fully saturated rings. The Hall–Kier alpha value is -2.38. The lowest BCUT2D eigenvalue weighted by molar-refractivity contribution is -0.140. The van der Waals surface area contributed by atoms with E-state index in [9.17, 15) is 14.4 Å². The average Bonchev–Trinajstić information content (AvgIpc) is 3.38. The van der Waals surface area contributed by atoms with Crippen LogP contribution in [-0.4, -0.2) is 62.4 Å². The topological polar surface area (TPSA) is 87.5 Å². The Labute approximate surface area is 184 Å². The third kappa shape index (κ3) is 4.08. The number of nitrogens with zero attached hydrogens (tertiary/aromatic N) is 4. The highest BCUT2D eigenvalue weighted by molar-refractivity contribution is 6.09. The zero-order chi connectivity index (χ0) is 22.2. The summed E-state index contributed by atoms with van der Waals surface area (Å²) < 4.78 is 2.08. The number of imide groups is 1. The van der Waals surface area contributed by atoms with Gasteiger partial charge < -0.3 is 14.8 Å². The predicted octanol–water partition coefficient (Wildman–Crippen LogP) is 2.96. The number of urea groups is 1. The first kappa shape index (κ1) is 21.8. The molecule has 4 rings (SSSR count). The van der Waals surface area contributed by atoms with Gasteiger partial charge >= 0.3 is 6.03 Å². The summed E-state index contributed by atoms with van der Waals surface area (Å²) >= 11 is 0. The van der Waals surface area contributed by atoms with Crippen molar-refractivity contribution in [1.82, 2.24) is 24.7 Å². The van der Waals surface area contributed by atoms with Gasteiger partial charge in [-0.05, 0) is 49.9 Å². The summed E-state index contributed by atoms with van der Waals surface area (Å²) in [6.07, 6.45) is 11.5. The molecule has 0 aromatic carbocycles. The van der Waals surface area contributed by atoms with Gasteiger partial charge in [0.05, 0.1) is 6.33 Å². The van der Waals surface area contributed by atoms with Crippen LogP contribution in [-0.2, 0) is 9.59 Å². The van der Waals surface area contributed by atoms with Crippen LogP contribution in [0.5, 0.6) is 0 Å². The van der Waals surface area contributed by atoms with Crippen LogP contribution in [0.15, 0.2) is 18.7 Å². The van der Waals surface area contributed by atoms with Crippen LogP contribution >= 0.6 is 0 Å². The Morgan fingerprint density at radius 2 is 1.87 bits per heavy atom. The second-order valence-corrected chi connectivity index (χ2v) is 10.1. The minimum Gasteiger partial charge on any atom is -0.341 e. The molecule has 2 saturated heterocycles. The number of aromatic nitrogens is 2. The second kappa shape index (κ2) is 8.28. The number of hydrogen-bond donors (Lipinski definition) is 1. The molecule has 8 nitrogen and oxygen atoms in total. The lowest BCUT2D eigenvalue weighted by Gasteiger charge is -2.42. The number of amides is 4. The number of carbonyl (C=O) groups excluding carboxylic acids is 3. The smallest absolute Gasteiger partial charge is 0.325 e. The third-order valence-corrected chi connectivity index (χ3v) is 8.16. The standard InChI is InChI=1S/C23H35N5O3/c1-4-22(2,3)17-5-9-23(10-6-17)20(30)28(21(31)25-23)15-19(29)26-12-7-18(8-13-26)27-14-11-24-16-27/h11,14,16-18H,4-10,12-13,15H2,1-3H3,(H,25,31). The predicted molar refractivity (Wildman–Crippen MR) is 116 cm³/mol. The molecule has 1 aromatic heterocycles. The maximum Gasteiger partial charge on any atom is 0.325 e. The first-order valence-electron chi connectivity index (χ1n) is 11.6. The van der Waals surface area contributed by atoms with Gasteiger partial charge in [0.15, 0.2) is 0 Å². The van der Waals surface area contributed by atoms with Crippen molar-refractivity contribution in [2.45, 2.75) is 77.3 Å². The Morgan fingerprint density at radius 3 is 2.45 bits per heavy atom. The van der Waals surface area contributed by atoms with Gasteiger partial charge in [-0.15, -0.1) is 0 Å². The fourth-order valence-electron chi connectivity index (χ4n) is 5.47. The van der Waals surface area contributed by atoms with Gasteiger partial charge in [0.1, 0.15) is 12.1 Å². The van der Waals surface area contributed by atoms with Crippen LogP contribution < -0.4 is 5.32 Å². The SMILES string of the molecule is CCC(C)(C)C1CCC2(CC1)NC(=O)N(CC(=O)N1CCC(n3ccnc3)CC1)C2=O. The van der Waals surface area contributed by atoms with Crippen molar-refractivity contribution in [3.8, 4) is 0 Å². The summed E-state index contributed by atoms with van der Waals surface area (Å²) in [5.74, 6) is 0.192. The van der Waals surface area contributed by atoms with Gasteiger partial charge in [0.25, 0.3) is 5.91 Å². The molecule has 1 aromatic rings. The molecule has 4 amide bonds. The molecule has 2 aliphatic heterocycles. The van der Waals surface area contributed by atoms with Crippen molar-refractivity contribution in [3.63, 3.8) is 0 Å². The Kier molecular flexibility index (Phi) is 5.83. The first-order chi connectivity index (χ1) is 14.8. The van der Waals surface area contributed by atoms with Crippen molar-refractivity contribution < 1.29 is 14.4 Å². The molecule has 0 unspecified atom stereocenters. The van der Waals surface area contributed by atoms with Crippen molar-refractivity contribution in [3.05, 3.63) is 18.7 Å². The van der Waals surface area contributed by atoms with Gasteiger partial charge in [0, 0.05) is 31.5 Å². The van der Waals surface area contributed by atoms with Crippen molar-refractivity contribution >= 4 is 17.8 Å². The van der Waals surface area contributed by atoms with Crippen molar-refractivity contribution in [2.24, 2.45) is 11.3 Å². The maximum absolute atomic E-state index is 13.2. The molecule has 0 atom stereocenters. The summed E-state index contributed by atoms with van der Waals surface area (Å²) in [4.78, 5) is 45.7. The molecule has 8 heteroatoms. The number of rotatable bonds is 5. The number of carbonyl (C=O) groups is 3. The van der Waals surface area contributed by atoms with E-state index in [1.54, 1.807) is 11.1 Å². The van der Waals surface area contributed by atoms with E-state index in [0.717, 1.165) is 37.0 Å². The zero-order valence-electron chi connectivity index (χ0n) is 19.0. The lowest BCUT2D eigenvalue weighted by atomic mass is 9.65. The second-order valence-electron chi connectivity index (χ2n) is 10.1. The third-order valence-electron chi connectivity index (χ3n) is 8.16. The van der Waals surface area contributed by atoms with E-state index in [4.69, 9.17) is 0 Å². The summed E-state index contributed by atoms with van der Waals surface area (Å²) in [6, 6.07) is -0.0751. The summed E-state index contributed by atoms with van der Waals surface area (Å²) in [7, 11) is 0. The van der Waals surface area contributed by atoms with Crippen molar-refractivity contribution in [2.75, 3.05) is 19.6 Å². The fourth-order valence-corrected chi connectivity index (χ4v) is 5.47. The molecule has 3 aliphatic rings. The minimum atomic E-state index is -0.813. The molecular weight excluding hydrogens is 394 g/mol. The zero-order valence-corrected chi connectivity index (χ0v) is 19.0. The fraction of sp³-hybridized carbons (Fsp3) is 0.739. The lowest BCUT2D eigenvalue weighted by Crippen LogP contribution is -2.51. The van der Waals surface area contributed by atoms with E-state index in [2.05, 4.69) is 35.6 Å². The summed E-state index contributed by atoms with van der Waals surface area (Å²) in [6.45, 7) is 7.87. The highest BCUT2D eigenvalue weighted by Crippen LogP contribution is 2.45. The first-order valence-corrected chi connectivity index (χ1v) is 11.6. The molecule has 3 heterocycles. The van der Waals surface area contributed by atoms with Crippen LogP contribution in [0.3, 0.4) is 0 Å². The van der Waals surface area contributed by atoms with E-state index >= 15 is 0 Å². The number of imidazole rings is 1. The van der Waals surface area contributed by atoms with Gasteiger partial charge in [0.2, 0.25) is 5.91 Å². The summed E-state index contributed by atoms with van der Waals surface area (Å²) in [5, 5.41) is 2.95. The van der Waals surface area contributed by atoms with E-state index < -0.39 is 11.6 Å². The minimum absolute atomic E-state index is 0.148. The molecular formula is C23H35N5O3. The van der Waals surface area contributed by atoms with E-state index in [1.807, 2.05) is 12.5 Å². The van der Waals surface area contributed by atoms with Crippen LogP contribution in [0.1, 0.15) is 71.8 Å². The highest BCUT2D eigenvalue weighted by atomic mass is 16.2. The Balaban J connectivity index is 1.33. The largest absolute Gasteiger partial charge is 0.341 e. The average molecular weight is 430 g/mol. The van der Waals surface area contributed by atoms with Gasteiger partial charge in [-0.25, -0.2) is 9.78 Å².